The first-order valence-electron chi connectivity index (χ1n) is 4.76. The number of rotatable bonds is 2. The molecule has 1 N–H and O–H groups in total. The van der Waals surface area contributed by atoms with Crippen LogP contribution in [0, 0.1) is 0 Å². The zero-order valence-corrected chi connectivity index (χ0v) is 9.94. The molecule has 0 bridgehead atoms. The fourth-order valence-corrected chi connectivity index (χ4v) is 1.81. The zero-order chi connectivity index (χ0) is 11.5. The minimum atomic E-state index is -0.0544. The second-order valence-corrected chi connectivity index (χ2v) is 4.30. The highest BCUT2D eigenvalue weighted by Crippen LogP contribution is 2.17. The first-order chi connectivity index (χ1) is 7.66. The normalized spacial score (nSPS) is 10.1. The monoisotopic (exact) mass is 276 g/mol. The van der Waals surface area contributed by atoms with Crippen LogP contribution in [0.15, 0.2) is 53.0 Å². The Balaban J connectivity index is 2.35. The highest BCUT2D eigenvalue weighted by atomic mass is 79.9. The highest BCUT2D eigenvalue weighted by Gasteiger charge is 2.08. The second-order valence-electron chi connectivity index (χ2n) is 3.39. The number of ketones is 1. The maximum atomic E-state index is 12.0. The molecule has 0 amide bonds. The molecule has 2 nitrogen and oxygen atoms in total. The van der Waals surface area contributed by atoms with Crippen LogP contribution in [-0.4, -0.2) is 10.9 Å². The van der Waals surface area contributed by atoms with Crippen molar-refractivity contribution in [1.29, 1.82) is 0 Å². The fourth-order valence-electron chi connectivity index (χ4n) is 1.41. The van der Waals surface area contributed by atoms with Gasteiger partial charge in [0.2, 0.25) is 0 Å². The van der Waals surface area contributed by atoms with E-state index in [4.69, 9.17) is 5.11 Å². The largest absolute Gasteiger partial charge is 0.508 e. The predicted molar refractivity (Wildman–Crippen MR) is 65.7 cm³/mol. The van der Waals surface area contributed by atoms with Gasteiger partial charge in [0, 0.05) is 15.6 Å². The summed E-state index contributed by atoms with van der Waals surface area (Å²) in [5, 5.41) is 9.13. The van der Waals surface area contributed by atoms with Crippen molar-refractivity contribution in [3.05, 3.63) is 64.1 Å². The molecule has 3 heteroatoms. The summed E-state index contributed by atoms with van der Waals surface area (Å²) in [5.74, 6) is 0.104. The maximum Gasteiger partial charge on any atom is 0.193 e. The predicted octanol–water partition coefficient (Wildman–Crippen LogP) is 3.39. The molecule has 2 rings (SSSR count). The summed E-state index contributed by atoms with van der Waals surface area (Å²) >= 11 is 3.32. The van der Waals surface area contributed by atoms with Crippen molar-refractivity contribution in [3.63, 3.8) is 0 Å². The third kappa shape index (κ3) is 2.31. The van der Waals surface area contributed by atoms with Crippen molar-refractivity contribution in [2.45, 2.75) is 0 Å². The molecule has 0 aliphatic carbocycles. The van der Waals surface area contributed by atoms with Gasteiger partial charge < -0.3 is 5.11 Å². The Kier molecular flexibility index (Phi) is 3.06. The van der Waals surface area contributed by atoms with E-state index >= 15 is 0 Å². The van der Waals surface area contributed by atoms with Gasteiger partial charge in [-0.3, -0.25) is 4.79 Å². The standard InChI is InChI=1S/C13H9BrO2/c14-11-3-1-2-10(8-11)13(16)9-4-6-12(15)7-5-9/h1-8,15H. The molecule has 0 saturated carbocycles. The molecule has 16 heavy (non-hydrogen) atoms. The molecule has 0 heterocycles. The summed E-state index contributed by atoms with van der Waals surface area (Å²) in [6, 6.07) is 13.5. The summed E-state index contributed by atoms with van der Waals surface area (Å²) in [6.45, 7) is 0. The Hall–Kier alpha value is -1.61. The summed E-state index contributed by atoms with van der Waals surface area (Å²) in [6.07, 6.45) is 0. The van der Waals surface area contributed by atoms with Gasteiger partial charge in [-0.2, -0.15) is 0 Å². The molecule has 0 saturated heterocycles. The average molecular weight is 277 g/mol. The van der Waals surface area contributed by atoms with Crippen LogP contribution in [-0.2, 0) is 0 Å². The lowest BCUT2D eigenvalue weighted by Crippen LogP contribution is -2.00. The van der Waals surface area contributed by atoms with E-state index in [1.165, 1.54) is 12.1 Å². The number of aromatic hydroxyl groups is 1. The Morgan fingerprint density at radius 1 is 1.00 bits per heavy atom. The molecule has 0 aliphatic rings. The lowest BCUT2D eigenvalue weighted by atomic mass is 10.0. The van der Waals surface area contributed by atoms with Crippen molar-refractivity contribution >= 4 is 21.7 Å². The average Bonchev–Trinajstić information content (AvgIpc) is 2.29. The highest BCUT2D eigenvalue weighted by molar-refractivity contribution is 9.10. The van der Waals surface area contributed by atoms with Gasteiger partial charge in [-0.25, -0.2) is 0 Å². The number of carbonyl (C=O) groups excluding carboxylic acids is 1. The Labute approximate surface area is 102 Å². The van der Waals surface area contributed by atoms with E-state index in [2.05, 4.69) is 15.9 Å². The van der Waals surface area contributed by atoms with Gasteiger partial charge in [-0.15, -0.1) is 0 Å². The maximum absolute atomic E-state index is 12.0. The van der Waals surface area contributed by atoms with E-state index in [1.54, 1.807) is 24.3 Å². The SMILES string of the molecule is O=C(c1ccc(O)cc1)c1cccc(Br)c1. The van der Waals surface area contributed by atoms with Crippen LogP contribution < -0.4 is 0 Å². The lowest BCUT2D eigenvalue weighted by Gasteiger charge is -2.01. The van der Waals surface area contributed by atoms with Crippen molar-refractivity contribution in [3.8, 4) is 5.75 Å². The Bertz CT molecular complexity index is 518. The van der Waals surface area contributed by atoms with Crippen LogP contribution in [0.25, 0.3) is 0 Å². The molecular weight excluding hydrogens is 268 g/mol. The third-order valence-corrected chi connectivity index (χ3v) is 2.71. The fraction of sp³-hybridized carbons (Fsp3) is 0. The summed E-state index contributed by atoms with van der Waals surface area (Å²) in [4.78, 5) is 12.0. The smallest absolute Gasteiger partial charge is 0.193 e. The van der Waals surface area contributed by atoms with E-state index in [9.17, 15) is 4.79 Å². The van der Waals surface area contributed by atoms with E-state index in [1.807, 2.05) is 12.1 Å². The Morgan fingerprint density at radius 2 is 1.69 bits per heavy atom. The van der Waals surface area contributed by atoms with Gasteiger partial charge in [0.1, 0.15) is 5.75 Å². The van der Waals surface area contributed by atoms with E-state index in [-0.39, 0.29) is 11.5 Å². The molecular formula is C13H9BrO2. The van der Waals surface area contributed by atoms with Gasteiger partial charge in [0.05, 0.1) is 0 Å². The van der Waals surface area contributed by atoms with E-state index < -0.39 is 0 Å². The van der Waals surface area contributed by atoms with Gasteiger partial charge in [-0.1, -0.05) is 28.1 Å². The summed E-state index contributed by atoms with van der Waals surface area (Å²) in [7, 11) is 0. The molecule has 80 valence electrons. The van der Waals surface area contributed by atoms with Crippen LogP contribution in [0.3, 0.4) is 0 Å². The van der Waals surface area contributed by atoms with Gasteiger partial charge in [0.15, 0.2) is 5.78 Å². The number of phenols is 1. The van der Waals surface area contributed by atoms with Crippen molar-refractivity contribution < 1.29 is 9.90 Å². The molecule has 2 aromatic carbocycles. The quantitative estimate of drug-likeness (QED) is 0.854. The minimum Gasteiger partial charge on any atom is -0.508 e. The number of benzene rings is 2. The van der Waals surface area contributed by atoms with Crippen LogP contribution in [0.1, 0.15) is 15.9 Å². The van der Waals surface area contributed by atoms with E-state index in [0.717, 1.165) is 4.47 Å². The van der Waals surface area contributed by atoms with Crippen molar-refractivity contribution in [2.24, 2.45) is 0 Å². The molecule has 2 aromatic rings. The molecule has 0 spiro atoms. The molecule has 0 aliphatic heterocycles. The molecule has 0 fully saturated rings. The number of phenolic OH excluding ortho intramolecular Hbond substituents is 1. The number of hydrogen-bond donors (Lipinski definition) is 1. The Morgan fingerprint density at radius 3 is 2.31 bits per heavy atom. The summed E-state index contributed by atoms with van der Waals surface area (Å²) in [5.41, 5.74) is 1.19. The molecule has 0 atom stereocenters. The molecule has 0 unspecified atom stereocenters. The van der Waals surface area contributed by atoms with Gasteiger partial charge in [0.25, 0.3) is 0 Å². The van der Waals surface area contributed by atoms with Crippen LogP contribution >= 0.6 is 15.9 Å². The van der Waals surface area contributed by atoms with Crippen molar-refractivity contribution in [2.75, 3.05) is 0 Å². The third-order valence-electron chi connectivity index (χ3n) is 2.22. The van der Waals surface area contributed by atoms with Gasteiger partial charge >= 0.3 is 0 Å². The first kappa shape index (κ1) is 10.9. The number of halogens is 1. The number of hydrogen-bond acceptors (Lipinski definition) is 2. The molecule has 0 radical (unpaired) electrons. The number of carbonyl (C=O) groups is 1. The second kappa shape index (κ2) is 4.49. The van der Waals surface area contributed by atoms with Crippen molar-refractivity contribution in [1.82, 2.24) is 0 Å². The van der Waals surface area contributed by atoms with Gasteiger partial charge in [-0.05, 0) is 36.4 Å². The summed E-state index contributed by atoms with van der Waals surface area (Å²) < 4.78 is 0.872. The topological polar surface area (TPSA) is 37.3 Å². The minimum absolute atomic E-state index is 0.0544. The zero-order valence-electron chi connectivity index (χ0n) is 8.35. The van der Waals surface area contributed by atoms with Crippen LogP contribution in [0.5, 0.6) is 5.75 Å². The molecule has 0 aromatic heterocycles. The van der Waals surface area contributed by atoms with E-state index in [0.29, 0.717) is 11.1 Å². The van der Waals surface area contributed by atoms with Crippen LogP contribution in [0.2, 0.25) is 0 Å². The van der Waals surface area contributed by atoms with Crippen LogP contribution in [0.4, 0.5) is 0 Å². The first-order valence-corrected chi connectivity index (χ1v) is 5.55. The lowest BCUT2D eigenvalue weighted by molar-refractivity contribution is 0.103.